The number of nitro groups is 1. The van der Waals surface area contributed by atoms with Crippen LogP contribution >= 0.6 is 0 Å². The van der Waals surface area contributed by atoms with E-state index in [1.807, 2.05) is 0 Å². The van der Waals surface area contributed by atoms with Crippen molar-refractivity contribution in [3.63, 3.8) is 0 Å². The maximum atomic E-state index is 13.3. The predicted molar refractivity (Wildman–Crippen MR) is 100 cm³/mol. The highest BCUT2D eigenvalue weighted by Gasteiger charge is 2.60. The maximum Gasteiger partial charge on any atom is 0.274 e. The smallest absolute Gasteiger partial charge is 0.274 e. The van der Waals surface area contributed by atoms with Gasteiger partial charge < -0.3 is 10.6 Å². The molecule has 0 aliphatic heterocycles. The molecular formula is C20H25N3O4. The van der Waals surface area contributed by atoms with Crippen molar-refractivity contribution in [2.24, 2.45) is 17.3 Å². The Hall–Kier alpha value is -2.44. The molecule has 0 radical (unpaired) electrons. The fraction of sp³-hybridized carbons (Fsp3) is 0.600. The van der Waals surface area contributed by atoms with Gasteiger partial charge in [-0.05, 0) is 63.4 Å². The number of nitrogens with zero attached hydrogens (tertiary/aromatic N) is 1. The van der Waals surface area contributed by atoms with Crippen molar-refractivity contribution >= 4 is 23.2 Å². The van der Waals surface area contributed by atoms with E-state index in [0.717, 1.165) is 32.1 Å². The summed E-state index contributed by atoms with van der Waals surface area (Å²) in [6, 6.07) is 4.76. The zero-order chi connectivity index (χ0) is 19.4. The first-order valence-corrected chi connectivity index (χ1v) is 9.56. The molecule has 5 rings (SSSR count). The van der Waals surface area contributed by atoms with Gasteiger partial charge in [0.15, 0.2) is 0 Å². The summed E-state index contributed by atoms with van der Waals surface area (Å²) in [6.45, 7) is 3.20. The van der Waals surface area contributed by atoms with E-state index >= 15 is 0 Å². The molecule has 2 amide bonds. The molecule has 4 fully saturated rings. The molecule has 1 aromatic rings. The summed E-state index contributed by atoms with van der Waals surface area (Å²) in [5.41, 5.74) is 0.206. The summed E-state index contributed by atoms with van der Waals surface area (Å²) in [4.78, 5) is 35.8. The van der Waals surface area contributed by atoms with Crippen molar-refractivity contribution in [3.8, 4) is 0 Å². The average Bonchev–Trinajstić information content (AvgIpc) is 2.53. The molecule has 7 heteroatoms. The minimum atomic E-state index is -0.496. The summed E-state index contributed by atoms with van der Waals surface area (Å²) in [5, 5.41) is 17.3. The molecule has 7 nitrogen and oxygen atoms in total. The van der Waals surface area contributed by atoms with Gasteiger partial charge in [0.05, 0.1) is 21.6 Å². The van der Waals surface area contributed by atoms with Crippen LogP contribution in [0.1, 0.15) is 51.0 Å². The van der Waals surface area contributed by atoms with Crippen LogP contribution in [0.15, 0.2) is 18.2 Å². The second kappa shape index (κ2) is 6.04. The molecule has 2 atom stereocenters. The molecule has 4 saturated carbocycles. The molecule has 0 aromatic heterocycles. The molecule has 4 aliphatic carbocycles. The number of hydrogen-bond donors (Lipinski definition) is 2. The number of anilines is 1. The normalized spacial score (nSPS) is 33.6. The van der Waals surface area contributed by atoms with Crippen molar-refractivity contribution in [3.05, 3.63) is 33.9 Å². The van der Waals surface area contributed by atoms with Gasteiger partial charge in [-0.2, -0.15) is 0 Å². The average molecular weight is 371 g/mol. The summed E-state index contributed by atoms with van der Waals surface area (Å²) < 4.78 is 0. The first-order valence-electron chi connectivity index (χ1n) is 9.56. The van der Waals surface area contributed by atoms with Crippen LogP contribution in [-0.2, 0) is 9.59 Å². The Kier molecular flexibility index (Phi) is 4.01. The van der Waals surface area contributed by atoms with Crippen LogP contribution in [0.2, 0.25) is 0 Å². The Morgan fingerprint density at radius 1 is 1.19 bits per heavy atom. The quantitative estimate of drug-likeness (QED) is 0.626. The summed E-state index contributed by atoms with van der Waals surface area (Å²) in [6.07, 6.45) is 5.37. The van der Waals surface area contributed by atoms with Crippen LogP contribution in [0, 0.1) is 34.3 Å². The Morgan fingerprint density at radius 3 is 2.44 bits per heavy atom. The second-order valence-corrected chi connectivity index (χ2v) is 8.86. The topological polar surface area (TPSA) is 101 Å². The molecule has 144 valence electrons. The Morgan fingerprint density at radius 2 is 1.85 bits per heavy atom. The van der Waals surface area contributed by atoms with Crippen LogP contribution < -0.4 is 10.6 Å². The predicted octanol–water partition coefficient (Wildman–Crippen LogP) is 3.32. The fourth-order valence-electron chi connectivity index (χ4n) is 6.26. The number of nitrogens with one attached hydrogen (secondary N) is 2. The van der Waals surface area contributed by atoms with E-state index in [-0.39, 0.29) is 23.0 Å². The molecule has 27 heavy (non-hydrogen) atoms. The van der Waals surface area contributed by atoms with E-state index in [9.17, 15) is 19.7 Å². The number of rotatable bonds is 4. The summed E-state index contributed by atoms with van der Waals surface area (Å²) in [5.74, 6) is 0.807. The second-order valence-electron chi connectivity index (χ2n) is 8.86. The van der Waals surface area contributed by atoms with Crippen molar-refractivity contribution in [2.75, 3.05) is 5.32 Å². The molecule has 2 unspecified atom stereocenters. The van der Waals surface area contributed by atoms with Crippen LogP contribution in [0.25, 0.3) is 0 Å². The third-order valence-electron chi connectivity index (χ3n) is 6.73. The minimum absolute atomic E-state index is 0.00743. The number of carbonyl (C=O) groups is 2. The van der Waals surface area contributed by atoms with E-state index < -0.39 is 10.3 Å². The third kappa shape index (κ3) is 2.99. The number of carbonyl (C=O) groups excluding carboxylic acids is 2. The third-order valence-corrected chi connectivity index (χ3v) is 6.73. The van der Waals surface area contributed by atoms with Gasteiger partial charge in [-0.1, -0.05) is 6.07 Å². The summed E-state index contributed by atoms with van der Waals surface area (Å²) in [7, 11) is 0. The standard InChI is InChI=1S/C20H25N3O4/c1-12-16(4-3-5-17(12)23(26)27)21-18(25)19-7-14-6-15(8-19)10-20(9-14,11-19)22-13(2)24/h3-5,14-15H,6-11H2,1-2H3,(H,21,25)(H,22,24). The lowest BCUT2D eigenvalue weighted by Crippen LogP contribution is -2.65. The van der Waals surface area contributed by atoms with E-state index in [4.69, 9.17) is 0 Å². The number of hydrogen-bond acceptors (Lipinski definition) is 4. The van der Waals surface area contributed by atoms with E-state index in [1.54, 1.807) is 19.1 Å². The lowest BCUT2D eigenvalue weighted by molar-refractivity contribution is -0.385. The van der Waals surface area contributed by atoms with E-state index in [0.29, 0.717) is 29.5 Å². The van der Waals surface area contributed by atoms with Crippen LogP contribution in [0.5, 0.6) is 0 Å². The first kappa shape index (κ1) is 17.9. The lowest BCUT2D eigenvalue weighted by atomic mass is 9.46. The Balaban J connectivity index is 1.62. The minimum Gasteiger partial charge on any atom is -0.351 e. The molecule has 0 heterocycles. The van der Waals surface area contributed by atoms with E-state index in [1.165, 1.54) is 13.0 Å². The van der Waals surface area contributed by atoms with Crippen molar-refractivity contribution in [1.29, 1.82) is 0 Å². The number of benzene rings is 1. The largest absolute Gasteiger partial charge is 0.351 e. The van der Waals surface area contributed by atoms with Gasteiger partial charge in [0.1, 0.15) is 0 Å². The molecule has 2 N–H and O–H groups in total. The van der Waals surface area contributed by atoms with Crippen molar-refractivity contribution in [2.45, 2.75) is 57.9 Å². The lowest BCUT2D eigenvalue weighted by Gasteiger charge is -2.61. The van der Waals surface area contributed by atoms with Gasteiger partial charge in [0, 0.05) is 18.5 Å². The Bertz CT molecular complexity index is 821. The zero-order valence-corrected chi connectivity index (χ0v) is 15.7. The van der Waals surface area contributed by atoms with Gasteiger partial charge in [-0.25, -0.2) is 0 Å². The molecule has 0 spiro atoms. The highest BCUT2D eigenvalue weighted by molar-refractivity contribution is 5.97. The fourth-order valence-corrected chi connectivity index (χ4v) is 6.26. The molecular weight excluding hydrogens is 346 g/mol. The van der Waals surface area contributed by atoms with Crippen molar-refractivity contribution in [1.82, 2.24) is 5.32 Å². The molecule has 0 saturated heterocycles. The first-order chi connectivity index (χ1) is 12.7. The van der Waals surface area contributed by atoms with Crippen LogP contribution in [0.4, 0.5) is 11.4 Å². The van der Waals surface area contributed by atoms with Gasteiger partial charge in [-0.3, -0.25) is 19.7 Å². The van der Waals surface area contributed by atoms with E-state index in [2.05, 4.69) is 10.6 Å². The summed E-state index contributed by atoms with van der Waals surface area (Å²) >= 11 is 0. The van der Waals surface area contributed by atoms with Crippen LogP contribution in [0.3, 0.4) is 0 Å². The molecule has 4 bridgehead atoms. The van der Waals surface area contributed by atoms with Gasteiger partial charge in [0.2, 0.25) is 11.8 Å². The number of amides is 2. The SMILES string of the molecule is CC(=O)NC12CC3CC(C1)CC(C(=O)Nc1cccc([N+](=O)[O-])c1C)(C3)C2. The van der Waals surface area contributed by atoms with Crippen molar-refractivity contribution < 1.29 is 14.5 Å². The molecule has 1 aromatic carbocycles. The maximum absolute atomic E-state index is 13.3. The highest BCUT2D eigenvalue weighted by Crippen LogP contribution is 2.62. The van der Waals surface area contributed by atoms with Gasteiger partial charge in [0.25, 0.3) is 5.69 Å². The number of nitro benzene ring substituents is 1. The van der Waals surface area contributed by atoms with Gasteiger partial charge in [-0.15, -0.1) is 0 Å². The Labute approximate surface area is 158 Å². The van der Waals surface area contributed by atoms with Gasteiger partial charge >= 0.3 is 0 Å². The highest BCUT2D eigenvalue weighted by atomic mass is 16.6. The molecule has 4 aliphatic rings. The van der Waals surface area contributed by atoms with Crippen LogP contribution in [-0.4, -0.2) is 22.3 Å². The monoisotopic (exact) mass is 371 g/mol. The zero-order valence-electron chi connectivity index (χ0n) is 15.7.